The number of allylic oxidation sites excluding steroid dienone is 10. The fraction of sp³-hybridized carbons (Fsp3) is 0.418. The van der Waals surface area contributed by atoms with Gasteiger partial charge in [-0.3, -0.25) is 0 Å². The minimum atomic E-state index is 0.713. The maximum atomic E-state index is 2.59. The zero-order valence-electron chi connectivity index (χ0n) is 52.4. The van der Waals surface area contributed by atoms with Gasteiger partial charge in [0.05, 0.1) is 0 Å². The van der Waals surface area contributed by atoms with Crippen molar-refractivity contribution in [1.29, 1.82) is 0 Å². The Hall–Kier alpha value is -6.78. The minimum absolute atomic E-state index is 0.713. The van der Waals surface area contributed by atoms with E-state index >= 15 is 0 Å². The fourth-order valence-electron chi connectivity index (χ4n) is 15.4. The molecular formula is C79H98N4+2. The summed E-state index contributed by atoms with van der Waals surface area (Å²) in [6, 6.07) is 47.2. The molecule has 10 rings (SSSR count). The van der Waals surface area contributed by atoms with Gasteiger partial charge in [0.15, 0.2) is 11.4 Å². The lowest BCUT2D eigenvalue weighted by Gasteiger charge is -2.39. The van der Waals surface area contributed by atoms with E-state index in [4.69, 9.17) is 0 Å². The van der Waals surface area contributed by atoms with Crippen molar-refractivity contribution in [1.82, 2.24) is 0 Å². The second-order valence-corrected chi connectivity index (χ2v) is 24.7. The third-order valence-corrected chi connectivity index (χ3v) is 20.2. The number of fused-ring (bicyclic) bond motifs is 2. The molecule has 0 saturated heterocycles. The molecule has 6 aromatic rings. The first-order valence-corrected chi connectivity index (χ1v) is 32.8. The topological polar surface area (TPSA) is 12.5 Å². The van der Waals surface area contributed by atoms with Crippen LogP contribution in [0.15, 0.2) is 181 Å². The molecule has 0 aromatic heterocycles. The summed E-state index contributed by atoms with van der Waals surface area (Å²) in [6.07, 6.45) is 30.6. The fourth-order valence-corrected chi connectivity index (χ4v) is 15.4. The zero-order chi connectivity index (χ0) is 58.0. The highest BCUT2D eigenvalue weighted by Crippen LogP contribution is 2.46. The highest BCUT2D eigenvalue weighted by Gasteiger charge is 2.34. The quantitative estimate of drug-likeness (QED) is 0.0707. The van der Waals surface area contributed by atoms with Crippen LogP contribution in [0.1, 0.15) is 148 Å². The van der Waals surface area contributed by atoms with Crippen LogP contribution in [-0.4, -0.2) is 72.9 Å². The Kier molecular flexibility index (Phi) is 19.8. The molecule has 6 unspecified atom stereocenters. The summed E-state index contributed by atoms with van der Waals surface area (Å²) in [4.78, 5) is 4.87. The van der Waals surface area contributed by atoms with Crippen molar-refractivity contribution >= 4 is 55.5 Å². The van der Waals surface area contributed by atoms with Crippen LogP contribution in [0.4, 0.5) is 11.4 Å². The van der Waals surface area contributed by atoms with Gasteiger partial charge >= 0.3 is 0 Å². The monoisotopic (exact) mass is 1100 g/mol. The molecule has 0 amide bonds. The van der Waals surface area contributed by atoms with Crippen LogP contribution in [0.25, 0.3) is 32.7 Å². The highest BCUT2D eigenvalue weighted by molar-refractivity contribution is 6.07. The maximum Gasteiger partial charge on any atom is 0.199 e. The predicted molar refractivity (Wildman–Crippen MR) is 361 cm³/mol. The first kappa shape index (κ1) is 59.4. The number of rotatable bonds is 20. The van der Waals surface area contributed by atoms with Gasteiger partial charge in [-0.1, -0.05) is 124 Å². The van der Waals surface area contributed by atoms with Crippen molar-refractivity contribution in [2.75, 3.05) is 62.2 Å². The zero-order valence-corrected chi connectivity index (χ0v) is 52.4. The summed E-state index contributed by atoms with van der Waals surface area (Å²) in [5.74, 6) is 4.57. The summed E-state index contributed by atoms with van der Waals surface area (Å²) >= 11 is 0. The Bertz CT molecular complexity index is 3190. The van der Waals surface area contributed by atoms with Gasteiger partial charge in [0.25, 0.3) is 0 Å². The molecule has 0 radical (unpaired) electrons. The van der Waals surface area contributed by atoms with Crippen molar-refractivity contribution < 1.29 is 9.15 Å². The Morgan fingerprint density at radius 2 is 0.747 bits per heavy atom. The van der Waals surface area contributed by atoms with E-state index in [0.29, 0.717) is 11.8 Å². The molecule has 2 fully saturated rings. The molecule has 83 heavy (non-hydrogen) atoms. The lowest BCUT2D eigenvalue weighted by atomic mass is 9.66. The molecule has 432 valence electrons. The molecule has 0 heterocycles. The summed E-state index contributed by atoms with van der Waals surface area (Å²) in [5.41, 5.74) is 18.5. The minimum Gasteiger partial charge on any atom is -0.372 e. The van der Waals surface area contributed by atoms with E-state index in [1.165, 1.54) is 145 Å². The largest absolute Gasteiger partial charge is 0.372 e. The Labute approximate surface area is 501 Å². The standard InChI is InChI=1S/C79H98N4/c1-11-80(12-2)68-41-31-60(32-42-68)78(61-33-43-69(44-34-61)81(13-3)14-4)76-49-39-66(72-23-19-21-25-74(72)76)54-64-29-27-58(51-56(64)9)53-59-28-30-65(57(10)52-59)55-67-40-50-77(75-26-22-20-24-73(67)75)79(62-35-45-70(46-36-62)82(15-5)16-6)63-37-47-71(48-38-63)83(17-7)18-8/h19-26,31-50,56-59,64-65H,11-18,27-30,51-55H2,1-10H3/q+2. The molecular weight excluding hydrogens is 1000 g/mol. The van der Waals surface area contributed by atoms with Crippen molar-refractivity contribution in [2.24, 2.45) is 35.5 Å². The van der Waals surface area contributed by atoms with Gasteiger partial charge in [0, 0.05) is 61.9 Å². The molecule has 0 spiro atoms. The molecule has 0 aliphatic heterocycles. The molecule has 4 nitrogen and oxygen atoms in total. The van der Waals surface area contributed by atoms with E-state index in [9.17, 15) is 0 Å². The number of hydrogen-bond acceptors (Lipinski definition) is 2. The predicted octanol–water partition coefficient (Wildman–Crippen LogP) is 18.8. The van der Waals surface area contributed by atoms with Crippen LogP contribution in [0, 0.1) is 35.5 Å². The van der Waals surface area contributed by atoms with Crippen LogP contribution in [0.5, 0.6) is 0 Å². The summed E-state index contributed by atoms with van der Waals surface area (Å²) in [5, 5.41) is 5.57. The third-order valence-electron chi connectivity index (χ3n) is 20.2. The van der Waals surface area contributed by atoms with Gasteiger partial charge in [-0.25, -0.2) is 9.15 Å². The van der Waals surface area contributed by atoms with E-state index in [1.54, 1.807) is 0 Å². The molecule has 0 bridgehead atoms. The lowest BCUT2D eigenvalue weighted by Crippen LogP contribution is -2.29. The molecule has 0 N–H and O–H groups in total. The van der Waals surface area contributed by atoms with Crippen molar-refractivity contribution in [3.05, 3.63) is 214 Å². The van der Waals surface area contributed by atoms with E-state index < -0.39 is 0 Å². The first-order valence-electron chi connectivity index (χ1n) is 32.8. The van der Waals surface area contributed by atoms with Gasteiger partial charge in [-0.2, -0.15) is 0 Å². The van der Waals surface area contributed by atoms with Gasteiger partial charge in [-0.15, -0.1) is 0 Å². The third kappa shape index (κ3) is 13.1. The van der Waals surface area contributed by atoms with E-state index in [1.807, 2.05) is 0 Å². The molecule has 4 aliphatic rings. The van der Waals surface area contributed by atoms with Crippen molar-refractivity contribution in [2.45, 2.75) is 127 Å². The average Bonchev–Trinajstić information content (AvgIpc) is 3.45. The lowest BCUT2D eigenvalue weighted by molar-refractivity contribution is -0.519. The Morgan fingerprint density at radius 1 is 0.398 bits per heavy atom. The summed E-state index contributed by atoms with van der Waals surface area (Å²) < 4.78 is 4.87. The molecule has 6 atom stereocenters. The van der Waals surface area contributed by atoms with E-state index in [2.05, 4.69) is 258 Å². The SMILES string of the molecule is CCN(CC)c1ccc(C(=C2C=CC(=[N+](CC)CC)C=C2)c2ccc(CC3CCC(CC4CCC(Cc5ccc(C(=C6C=CC(=[N+](CC)CC)C=C6)c6ccc(N(CC)CC)cc6)c6ccccc56)C(C)C4)CC3C)c3ccccc23)cc1. The van der Waals surface area contributed by atoms with Crippen LogP contribution < -0.4 is 9.80 Å². The number of nitrogens with zero attached hydrogens (tertiary/aromatic N) is 4. The van der Waals surface area contributed by atoms with Gasteiger partial charge < -0.3 is 9.80 Å². The first-order chi connectivity index (χ1) is 40.6. The van der Waals surface area contributed by atoms with Crippen LogP contribution in [0.3, 0.4) is 0 Å². The summed E-state index contributed by atoms with van der Waals surface area (Å²) in [7, 11) is 0. The van der Waals surface area contributed by atoms with Gasteiger partial charge in [0.2, 0.25) is 0 Å². The average molecular weight is 1100 g/mol. The normalized spacial score (nSPS) is 20.6. The van der Waals surface area contributed by atoms with Gasteiger partial charge in [-0.05, 0) is 262 Å². The summed E-state index contributed by atoms with van der Waals surface area (Å²) in [6.45, 7) is 31.2. The van der Waals surface area contributed by atoms with Crippen LogP contribution in [-0.2, 0) is 12.8 Å². The maximum absolute atomic E-state index is 2.59. The Balaban J connectivity index is 0.820. The van der Waals surface area contributed by atoms with E-state index in [-0.39, 0.29) is 0 Å². The van der Waals surface area contributed by atoms with Crippen LogP contribution >= 0.6 is 0 Å². The highest BCUT2D eigenvalue weighted by atomic mass is 15.1. The number of hydrogen-bond donors (Lipinski definition) is 0. The molecule has 6 aromatic carbocycles. The second-order valence-electron chi connectivity index (χ2n) is 24.7. The van der Waals surface area contributed by atoms with Crippen molar-refractivity contribution in [3.8, 4) is 0 Å². The van der Waals surface area contributed by atoms with Crippen LogP contribution in [0.2, 0.25) is 0 Å². The number of benzene rings is 6. The Morgan fingerprint density at radius 3 is 1.07 bits per heavy atom. The smallest absolute Gasteiger partial charge is 0.199 e. The second kappa shape index (κ2) is 27.7. The molecule has 4 aliphatic carbocycles. The molecule has 2 saturated carbocycles. The number of anilines is 2. The van der Waals surface area contributed by atoms with Crippen molar-refractivity contribution in [3.63, 3.8) is 0 Å². The molecule has 4 heteroatoms. The van der Waals surface area contributed by atoms with E-state index in [0.717, 1.165) is 88.9 Å². The van der Waals surface area contributed by atoms with Gasteiger partial charge in [0.1, 0.15) is 26.2 Å².